The maximum atomic E-state index is 9.83. The van der Waals surface area contributed by atoms with E-state index in [9.17, 15) is 5.11 Å². The molecule has 0 aliphatic heterocycles. The fraction of sp³-hybridized carbons (Fsp3) is 1.00. The molecule has 1 nitrogen and oxygen atoms in total. The van der Waals surface area contributed by atoms with Gasteiger partial charge in [0.2, 0.25) is 0 Å². The summed E-state index contributed by atoms with van der Waals surface area (Å²) in [6.07, 6.45) is 6.54. The first-order valence-electron chi connectivity index (χ1n) is 6.76. The Morgan fingerprint density at radius 3 is 1.93 bits per heavy atom. The van der Waals surface area contributed by atoms with Crippen molar-refractivity contribution < 1.29 is 5.11 Å². The Bertz CT molecular complexity index is 203. The number of aliphatic hydroxyl groups excluding tert-OH is 1. The van der Waals surface area contributed by atoms with Crippen molar-refractivity contribution in [1.29, 1.82) is 0 Å². The Hall–Kier alpha value is -0.0400. The Labute approximate surface area is 94.3 Å². The van der Waals surface area contributed by atoms with Gasteiger partial charge in [0, 0.05) is 0 Å². The van der Waals surface area contributed by atoms with E-state index in [4.69, 9.17) is 0 Å². The van der Waals surface area contributed by atoms with Gasteiger partial charge < -0.3 is 5.11 Å². The zero-order valence-corrected chi connectivity index (χ0v) is 10.4. The molecule has 0 aromatic heterocycles. The van der Waals surface area contributed by atoms with Crippen molar-refractivity contribution in [3.8, 4) is 0 Å². The van der Waals surface area contributed by atoms with Gasteiger partial charge in [-0.2, -0.15) is 0 Å². The van der Waals surface area contributed by atoms with Crippen molar-refractivity contribution in [2.24, 2.45) is 29.6 Å². The van der Waals surface area contributed by atoms with Crippen LogP contribution in [0.4, 0.5) is 0 Å². The average molecular weight is 210 g/mol. The van der Waals surface area contributed by atoms with Crippen molar-refractivity contribution in [2.75, 3.05) is 0 Å². The summed E-state index contributed by atoms with van der Waals surface area (Å²) < 4.78 is 0. The highest BCUT2D eigenvalue weighted by atomic mass is 16.3. The predicted molar refractivity (Wildman–Crippen MR) is 63.6 cm³/mol. The molecule has 0 aromatic carbocycles. The largest absolute Gasteiger partial charge is 0.393 e. The molecule has 1 N–H and O–H groups in total. The molecule has 0 spiro atoms. The molecule has 0 aromatic rings. The summed E-state index contributed by atoms with van der Waals surface area (Å²) in [5.74, 6) is 4.07. The fourth-order valence-corrected chi connectivity index (χ4v) is 4.20. The highest BCUT2D eigenvalue weighted by molar-refractivity contribution is 4.89. The van der Waals surface area contributed by atoms with Crippen LogP contribution < -0.4 is 0 Å². The van der Waals surface area contributed by atoms with Crippen LogP contribution >= 0.6 is 0 Å². The van der Waals surface area contributed by atoms with Crippen molar-refractivity contribution in [1.82, 2.24) is 0 Å². The molecule has 2 rings (SSSR count). The van der Waals surface area contributed by atoms with Crippen LogP contribution in [0, 0.1) is 29.6 Å². The van der Waals surface area contributed by atoms with Crippen LogP contribution in [0.1, 0.15) is 52.9 Å². The van der Waals surface area contributed by atoms with E-state index < -0.39 is 0 Å². The second kappa shape index (κ2) is 4.45. The third-order valence-electron chi connectivity index (χ3n) is 4.90. The van der Waals surface area contributed by atoms with Gasteiger partial charge >= 0.3 is 0 Å². The Morgan fingerprint density at radius 1 is 0.867 bits per heavy atom. The van der Waals surface area contributed by atoms with Crippen LogP contribution in [0.15, 0.2) is 0 Å². The molecule has 88 valence electrons. The molecule has 2 fully saturated rings. The van der Waals surface area contributed by atoms with Crippen molar-refractivity contribution in [3.63, 3.8) is 0 Å². The average Bonchev–Trinajstić information content (AvgIpc) is 2.46. The summed E-state index contributed by atoms with van der Waals surface area (Å²) in [4.78, 5) is 0. The van der Waals surface area contributed by atoms with E-state index in [1.165, 1.54) is 25.7 Å². The number of rotatable bonds is 1. The molecule has 2 aliphatic rings. The standard InChI is InChI=1S/C14H26O/c1-9-6-10(2)8-12(7-9)13-4-5-14(15)11(13)3/h9-15H,4-8H2,1-3H3. The van der Waals surface area contributed by atoms with E-state index in [0.717, 1.165) is 30.1 Å². The summed E-state index contributed by atoms with van der Waals surface area (Å²) in [6, 6.07) is 0. The first-order valence-corrected chi connectivity index (χ1v) is 6.76. The molecule has 1 heteroatoms. The lowest BCUT2D eigenvalue weighted by Crippen LogP contribution is -2.29. The van der Waals surface area contributed by atoms with Gasteiger partial charge in [-0.15, -0.1) is 0 Å². The summed E-state index contributed by atoms with van der Waals surface area (Å²) in [5.41, 5.74) is 0. The smallest absolute Gasteiger partial charge is 0.0568 e. The highest BCUT2D eigenvalue weighted by Gasteiger charge is 2.38. The van der Waals surface area contributed by atoms with E-state index in [1.807, 2.05) is 0 Å². The minimum absolute atomic E-state index is 0.0115. The first-order chi connectivity index (χ1) is 7.08. The van der Waals surface area contributed by atoms with Gasteiger partial charge in [0.05, 0.1) is 6.10 Å². The molecule has 0 saturated heterocycles. The van der Waals surface area contributed by atoms with E-state index in [1.54, 1.807) is 0 Å². The molecule has 0 amide bonds. The van der Waals surface area contributed by atoms with Crippen LogP contribution in [-0.2, 0) is 0 Å². The molecule has 5 unspecified atom stereocenters. The highest BCUT2D eigenvalue weighted by Crippen LogP contribution is 2.45. The van der Waals surface area contributed by atoms with E-state index >= 15 is 0 Å². The second-order valence-corrected chi connectivity index (χ2v) is 6.35. The first kappa shape index (κ1) is 11.4. The Kier molecular flexibility index (Phi) is 3.39. The van der Waals surface area contributed by atoms with Crippen LogP contribution in [0.25, 0.3) is 0 Å². The van der Waals surface area contributed by atoms with Gasteiger partial charge in [0.25, 0.3) is 0 Å². The lowest BCUT2D eigenvalue weighted by Gasteiger charge is -2.37. The lowest BCUT2D eigenvalue weighted by molar-refractivity contribution is 0.0872. The normalized spacial score (nSPS) is 52.0. The number of hydrogen-bond acceptors (Lipinski definition) is 1. The third-order valence-corrected chi connectivity index (χ3v) is 4.90. The van der Waals surface area contributed by atoms with Crippen LogP contribution in [0.5, 0.6) is 0 Å². The van der Waals surface area contributed by atoms with Gasteiger partial charge in [0.1, 0.15) is 0 Å². The minimum Gasteiger partial charge on any atom is -0.393 e. The van der Waals surface area contributed by atoms with Crippen molar-refractivity contribution in [3.05, 3.63) is 0 Å². The maximum absolute atomic E-state index is 9.83. The second-order valence-electron chi connectivity index (χ2n) is 6.35. The Balaban J connectivity index is 1.98. The molecule has 15 heavy (non-hydrogen) atoms. The van der Waals surface area contributed by atoms with E-state index in [0.29, 0.717) is 5.92 Å². The Morgan fingerprint density at radius 2 is 1.47 bits per heavy atom. The van der Waals surface area contributed by atoms with E-state index in [2.05, 4.69) is 20.8 Å². The van der Waals surface area contributed by atoms with Gasteiger partial charge in [0.15, 0.2) is 0 Å². The van der Waals surface area contributed by atoms with Crippen LogP contribution in [0.2, 0.25) is 0 Å². The van der Waals surface area contributed by atoms with Crippen molar-refractivity contribution in [2.45, 2.75) is 59.0 Å². The predicted octanol–water partition coefficient (Wildman–Crippen LogP) is 3.47. The summed E-state index contributed by atoms with van der Waals surface area (Å²) in [7, 11) is 0. The molecule has 0 bridgehead atoms. The summed E-state index contributed by atoms with van der Waals surface area (Å²) >= 11 is 0. The molecule has 0 heterocycles. The molecule has 5 atom stereocenters. The van der Waals surface area contributed by atoms with Gasteiger partial charge in [-0.05, 0) is 61.7 Å². The fourth-order valence-electron chi connectivity index (χ4n) is 4.20. The van der Waals surface area contributed by atoms with Crippen LogP contribution in [-0.4, -0.2) is 11.2 Å². The zero-order valence-electron chi connectivity index (χ0n) is 10.4. The van der Waals surface area contributed by atoms with Crippen LogP contribution in [0.3, 0.4) is 0 Å². The summed E-state index contributed by atoms with van der Waals surface area (Å²) in [6.45, 7) is 7.06. The zero-order chi connectivity index (χ0) is 11.0. The van der Waals surface area contributed by atoms with Gasteiger partial charge in [-0.1, -0.05) is 20.8 Å². The molecular weight excluding hydrogens is 184 g/mol. The molecule has 2 saturated carbocycles. The van der Waals surface area contributed by atoms with Gasteiger partial charge in [-0.3, -0.25) is 0 Å². The third kappa shape index (κ3) is 2.38. The van der Waals surface area contributed by atoms with Gasteiger partial charge in [-0.25, -0.2) is 0 Å². The molecular formula is C14H26O. The summed E-state index contributed by atoms with van der Waals surface area (Å²) in [5, 5.41) is 9.83. The topological polar surface area (TPSA) is 20.2 Å². The SMILES string of the molecule is CC1CC(C)CC(C2CCC(O)C2C)C1. The van der Waals surface area contributed by atoms with Crippen molar-refractivity contribution >= 4 is 0 Å². The number of aliphatic hydroxyl groups is 1. The van der Waals surface area contributed by atoms with E-state index in [-0.39, 0.29) is 6.10 Å². The molecule has 2 aliphatic carbocycles. The minimum atomic E-state index is -0.0115. The quantitative estimate of drug-likeness (QED) is 0.702. The monoisotopic (exact) mass is 210 g/mol. The maximum Gasteiger partial charge on any atom is 0.0568 e. The molecule has 0 radical (unpaired) electrons. The lowest BCUT2D eigenvalue weighted by atomic mass is 9.69. The number of hydrogen-bond donors (Lipinski definition) is 1.